The average molecular weight is 433 g/mol. The van der Waals surface area contributed by atoms with E-state index < -0.39 is 0 Å². The van der Waals surface area contributed by atoms with Crippen LogP contribution in [0.5, 0.6) is 0 Å². The SMILES string of the molecule is CCCCN1c2ccccc2Cc2ccccc21.CN1c2ccccc2Cc2ccccc21. The molecule has 0 saturated carbocycles. The van der Waals surface area contributed by atoms with E-state index >= 15 is 0 Å². The quantitative estimate of drug-likeness (QED) is 0.325. The highest BCUT2D eigenvalue weighted by molar-refractivity contribution is 5.74. The summed E-state index contributed by atoms with van der Waals surface area (Å²) in [6.45, 7) is 3.37. The van der Waals surface area contributed by atoms with Crippen LogP contribution in [0.25, 0.3) is 0 Å². The van der Waals surface area contributed by atoms with Gasteiger partial charge in [0.05, 0.1) is 0 Å². The van der Waals surface area contributed by atoms with Crippen LogP contribution in [0.2, 0.25) is 0 Å². The van der Waals surface area contributed by atoms with Crippen molar-refractivity contribution < 1.29 is 0 Å². The molecule has 0 N–H and O–H groups in total. The minimum atomic E-state index is 1.05. The number of anilines is 4. The van der Waals surface area contributed by atoms with Gasteiger partial charge < -0.3 is 9.80 Å². The van der Waals surface area contributed by atoms with Crippen molar-refractivity contribution in [1.82, 2.24) is 0 Å². The van der Waals surface area contributed by atoms with Gasteiger partial charge in [0, 0.05) is 49.2 Å². The number of hydrogen-bond donors (Lipinski definition) is 0. The Balaban J connectivity index is 0.000000140. The van der Waals surface area contributed by atoms with Crippen LogP contribution in [0, 0.1) is 0 Å². The first kappa shape index (κ1) is 21.3. The van der Waals surface area contributed by atoms with E-state index in [1.165, 1.54) is 57.8 Å². The van der Waals surface area contributed by atoms with Crippen molar-refractivity contribution in [3.8, 4) is 0 Å². The Morgan fingerprint density at radius 3 is 1.33 bits per heavy atom. The monoisotopic (exact) mass is 432 g/mol. The smallest absolute Gasteiger partial charge is 0.0446 e. The van der Waals surface area contributed by atoms with Crippen LogP contribution >= 0.6 is 0 Å². The fraction of sp³-hybridized carbons (Fsp3) is 0.226. The summed E-state index contributed by atoms with van der Waals surface area (Å²) in [4.78, 5) is 4.76. The standard InChI is InChI=1S/C17H19N.C14H13N/c1-2-3-12-18-16-10-6-4-8-14(16)13-15-9-5-7-11-17(15)18;1-15-13-8-4-2-6-11(13)10-12-7-3-5-9-14(12)15/h4-11H,2-3,12-13H2,1H3;2-9H,10H2,1H3. The molecule has 2 nitrogen and oxygen atoms in total. The molecule has 0 aliphatic carbocycles. The summed E-state index contributed by atoms with van der Waals surface area (Å²) in [5.74, 6) is 0. The van der Waals surface area contributed by atoms with E-state index in [0.29, 0.717) is 0 Å². The molecule has 2 heterocycles. The molecule has 0 saturated heterocycles. The predicted molar refractivity (Wildman–Crippen MR) is 141 cm³/mol. The zero-order valence-electron chi connectivity index (χ0n) is 19.7. The number of nitrogens with zero attached hydrogens (tertiary/aromatic N) is 2. The molecule has 0 bridgehead atoms. The van der Waals surface area contributed by atoms with Gasteiger partial charge in [-0.15, -0.1) is 0 Å². The van der Waals surface area contributed by atoms with E-state index in [9.17, 15) is 0 Å². The minimum absolute atomic E-state index is 1.05. The molecule has 0 atom stereocenters. The van der Waals surface area contributed by atoms with Gasteiger partial charge in [0.1, 0.15) is 0 Å². The summed E-state index contributed by atoms with van der Waals surface area (Å²) in [7, 11) is 2.14. The summed E-state index contributed by atoms with van der Waals surface area (Å²) in [5.41, 5.74) is 11.2. The highest BCUT2D eigenvalue weighted by Gasteiger charge is 2.21. The summed E-state index contributed by atoms with van der Waals surface area (Å²) >= 11 is 0. The molecule has 2 aliphatic rings. The molecule has 4 aromatic rings. The molecule has 0 amide bonds. The lowest BCUT2D eigenvalue weighted by Gasteiger charge is -2.33. The molecule has 4 aromatic carbocycles. The lowest BCUT2D eigenvalue weighted by molar-refractivity contribution is 0.776. The lowest BCUT2D eigenvalue weighted by atomic mass is 9.95. The Kier molecular flexibility index (Phi) is 6.17. The van der Waals surface area contributed by atoms with E-state index in [0.717, 1.165) is 19.4 Å². The lowest BCUT2D eigenvalue weighted by Crippen LogP contribution is -2.24. The van der Waals surface area contributed by atoms with Gasteiger partial charge >= 0.3 is 0 Å². The summed E-state index contributed by atoms with van der Waals surface area (Å²) in [6.07, 6.45) is 4.59. The fourth-order valence-electron chi connectivity index (χ4n) is 5.05. The number of para-hydroxylation sites is 4. The van der Waals surface area contributed by atoms with Crippen molar-refractivity contribution in [3.63, 3.8) is 0 Å². The van der Waals surface area contributed by atoms with Gasteiger partial charge in [-0.1, -0.05) is 86.1 Å². The third kappa shape index (κ3) is 4.26. The van der Waals surface area contributed by atoms with E-state index in [-0.39, 0.29) is 0 Å². The van der Waals surface area contributed by atoms with Crippen LogP contribution in [0.3, 0.4) is 0 Å². The van der Waals surface area contributed by atoms with Crippen LogP contribution in [-0.2, 0) is 12.8 Å². The molecule has 0 fully saturated rings. The third-order valence-corrected chi connectivity index (χ3v) is 6.77. The summed E-state index contributed by atoms with van der Waals surface area (Å²) in [6, 6.07) is 34.8. The second-order valence-corrected chi connectivity index (χ2v) is 8.93. The largest absolute Gasteiger partial charge is 0.344 e. The highest BCUT2D eigenvalue weighted by Crippen LogP contribution is 2.38. The second kappa shape index (κ2) is 9.54. The van der Waals surface area contributed by atoms with E-state index in [4.69, 9.17) is 0 Å². The van der Waals surface area contributed by atoms with E-state index in [2.05, 4.69) is 121 Å². The van der Waals surface area contributed by atoms with Crippen molar-refractivity contribution in [1.29, 1.82) is 0 Å². The zero-order valence-corrected chi connectivity index (χ0v) is 19.7. The number of benzene rings is 4. The Hall–Kier alpha value is -3.52. The molecule has 0 aromatic heterocycles. The Morgan fingerprint density at radius 2 is 0.909 bits per heavy atom. The van der Waals surface area contributed by atoms with Crippen molar-refractivity contribution in [3.05, 3.63) is 119 Å². The van der Waals surface area contributed by atoms with Crippen molar-refractivity contribution in [2.75, 3.05) is 23.4 Å². The first-order valence-electron chi connectivity index (χ1n) is 12.1. The molecule has 2 aliphatic heterocycles. The number of hydrogen-bond acceptors (Lipinski definition) is 2. The van der Waals surface area contributed by atoms with Crippen molar-refractivity contribution in [2.45, 2.75) is 32.6 Å². The molecular formula is C31H32N2. The molecule has 0 spiro atoms. The number of rotatable bonds is 3. The topological polar surface area (TPSA) is 6.48 Å². The number of fused-ring (bicyclic) bond motifs is 4. The summed E-state index contributed by atoms with van der Waals surface area (Å²) in [5, 5.41) is 0. The normalized spacial score (nSPS) is 13.2. The number of unbranched alkanes of at least 4 members (excludes halogenated alkanes) is 1. The average Bonchev–Trinajstić information content (AvgIpc) is 2.87. The molecule has 0 radical (unpaired) electrons. The molecular weight excluding hydrogens is 400 g/mol. The molecule has 6 rings (SSSR count). The molecule has 0 unspecified atom stereocenters. The molecule has 2 heteroatoms. The first-order valence-corrected chi connectivity index (χ1v) is 12.1. The van der Waals surface area contributed by atoms with Gasteiger partial charge in [-0.3, -0.25) is 0 Å². The van der Waals surface area contributed by atoms with Gasteiger partial charge in [0.25, 0.3) is 0 Å². The van der Waals surface area contributed by atoms with Crippen LogP contribution < -0.4 is 9.80 Å². The maximum Gasteiger partial charge on any atom is 0.0446 e. The highest BCUT2D eigenvalue weighted by atomic mass is 15.1. The van der Waals surface area contributed by atoms with Crippen molar-refractivity contribution in [2.24, 2.45) is 0 Å². The first-order chi connectivity index (χ1) is 16.3. The third-order valence-electron chi connectivity index (χ3n) is 6.77. The van der Waals surface area contributed by atoms with Crippen molar-refractivity contribution >= 4 is 22.7 Å². The van der Waals surface area contributed by atoms with E-state index in [1.54, 1.807) is 0 Å². The minimum Gasteiger partial charge on any atom is -0.344 e. The van der Waals surface area contributed by atoms with Crippen LogP contribution in [-0.4, -0.2) is 13.6 Å². The van der Waals surface area contributed by atoms with Crippen LogP contribution in [0.1, 0.15) is 42.0 Å². The van der Waals surface area contributed by atoms with Gasteiger partial charge in [-0.05, 0) is 52.9 Å². The molecule has 33 heavy (non-hydrogen) atoms. The Morgan fingerprint density at radius 1 is 0.545 bits per heavy atom. The Bertz CT molecular complexity index is 1150. The van der Waals surface area contributed by atoms with Gasteiger partial charge in [0.2, 0.25) is 0 Å². The maximum absolute atomic E-state index is 2.48. The van der Waals surface area contributed by atoms with Gasteiger partial charge in [0.15, 0.2) is 0 Å². The maximum atomic E-state index is 2.48. The fourth-order valence-corrected chi connectivity index (χ4v) is 5.05. The summed E-state index contributed by atoms with van der Waals surface area (Å²) < 4.78 is 0. The molecule has 166 valence electrons. The van der Waals surface area contributed by atoms with E-state index in [1.807, 2.05) is 0 Å². The van der Waals surface area contributed by atoms with Gasteiger partial charge in [-0.2, -0.15) is 0 Å². The van der Waals surface area contributed by atoms with Gasteiger partial charge in [-0.25, -0.2) is 0 Å². The predicted octanol–water partition coefficient (Wildman–Crippen LogP) is 7.89. The second-order valence-electron chi connectivity index (χ2n) is 8.93. The Labute approximate surface area is 198 Å². The van der Waals surface area contributed by atoms with Crippen LogP contribution in [0.15, 0.2) is 97.1 Å². The zero-order chi connectivity index (χ0) is 22.6. The van der Waals surface area contributed by atoms with Crippen LogP contribution in [0.4, 0.5) is 22.7 Å².